The van der Waals surface area contributed by atoms with Crippen molar-refractivity contribution >= 4 is 5.91 Å². The molecule has 0 aromatic heterocycles. The van der Waals surface area contributed by atoms with Crippen LogP contribution in [-0.2, 0) is 33.2 Å². The molecule has 0 radical (unpaired) electrons. The summed E-state index contributed by atoms with van der Waals surface area (Å²) in [5, 5.41) is 121. The van der Waals surface area contributed by atoms with Crippen molar-refractivity contribution in [2.24, 2.45) is 0 Å². The molecule has 0 aromatic carbocycles. The van der Waals surface area contributed by atoms with Crippen LogP contribution in [0.25, 0.3) is 0 Å². The molecule has 3 fully saturated rings. The summed E-state index contributed by atoms with van der Waals surface area (Å²) in [6.45, 7) is 1.85. The summed E-state index contributed by atoms with van der Waals surface area (Å²) in [5.74, 6) is -0.235. The molecule has 104 heavy (non-hydrogen) atoms. The highest BCUT2D eigenvalue weighted by Crippen LogP contribution is 2.34. The van der Waals surface area contributed by atoms with Crippen LogP contribution in [0.2, 0.25) is 0 Å². The molecular formula is C85H159NO18. The Balaban J connectivity index is 1.29. The monoisotopic (exact) mass is 1480 g/mol. The third-order valence-electron chi connectivity index (χ3n) is 21.7. The third-order valence-corrected chi connectivity index (χ3v) is 21.7. The third kappa shape index (κ3) is 44.8. The fourth-order valence-electron chi connectivity index (χ4n) is 14.8. The van der Waals surface area contributed by atoms with Gasteiger partial charge in [-0.25, -0.2) is 0 Å². The zero-order valence-corrected chi connectivity index (χ0v) is 65.8. The minimum absolute atomic E-state index is 0.235. The van der Waals surface area contributed by atoms with E-state index in [1.165, 1.54) is 276 Å². The van der Waals surface area contributed by atoms with Gasteiger partial charge in [0.1, 0.15) is 73.2 Å². The summed E-state index contributed by atoms with van der Waals surface area (Å²) in [6, 6.07) is -0.886. The van der Waals surface area contributed by atoms with Crippen molar-refractivity contribution in [3.05, 3.63) is 36.5 Å². The lowest BCUT2D eigenvalue weighted by molar-refractivity contribution is -0.379. The van der Waals surface area contributed by atoms with Crippen LogP contribution < -0.4 is 5.32 Å². The highest BCUT2D eigenvalue weighted by atomic mass is 16.8. The van der Waals surface area contributed by atoms with Gasteiger partial charge in [-0.15, -0.1) is 0 Å². The summed E-state index contributed by atoms with van der Waals surface area (Å²) >= 11 is 0. The lowest BCUT2D eigenvalue weighted by Crippen LogP contribution is -2.66. The Morgan fingerprint density at radius 3 is 0.990 bits per heavy atom. The van der Waals surface area contributed by atoms with Crippen molar-refractivity contribution in [3.63, 3.8) is 0 Å². The van der Waals surface area contributed by atoms with E-state index < -0.39 is 124 Å². The van der Waals surface area contributed by atoms with Gasteiger partial charge in [0, 0.05) is 6.42 Å². The number of unbranched alkanes of at least 4 members (excludes halogenated alkanes) is 48. The summed E-state index contributed by atoms with van der Waals surface area (Å²) in [7, 11) is 0. The molecule has 17 unspecified atom stereocenters. The van der Waals surface area contributed by atoms with Crippen molar-refractivity contribution < 1.29 is 89.4 Å². The van der Waals surface area contributed by atoms with E-state index in [0.29, 0.717) is 12.8 Å². The molecule has 3 aliphatic rings. The molecule has 3 aliphatic heterocycles. The van der Waals surface area contributed by atoms with Gasteiger partial charge in [-0.3, -0.25) is 4.79 Å². The van der Waals surface area contributed by atoms with Gasteiger partial charge in [0.25, 0.3) is 0 Å². The fraction of sp³-hybridized carbons (Fsp3) is 0.918. The number of nitrogens with one attached hydrogen (secondary N) is 1. The van der Waals surface area contributed by atoms with Crippen molar-refractivity contribution in [3.8, 4) is 0 Å². The molecule has 17 atom stereocenters. The normalized spacial score (nSPS) is 26.0. The lowest BCUT2D eigenvalue weighted by Gasteiger charge is -2.48. The quantitative estimate of drug-likeness (QED) is 0.0199. The topological polar surface area (TPSA) is 307 Å². The number of aliphatic hydroxyl groups is 11. The Hall–Kier alpha value is -1.99. The first-order chi connectivity index (χ1) is 50.8. The van der Waals surface area contributed by atoms with E-state index in [2.05, 4.69) is 55.6 Å². The van der Waals surface area contributed by atoms with Gasteiger partial charge in [-0.05, 0) is 51.4 Å². The van der Waals surface area contributed by atoms with Gasteiger partial charge < -0.3 is 89.9 Å². The van der Waals surface area contributed by atoms with Gasteiger partial charge in [-0.1, -0.05) is 346 Å². The average Bonchev–Trinajstić information content (AvgIpc) is 0.783. The molecule has 0 bridgehead atoms. The van der Waals surface area contributed by atoms with Gasteiger partial charge in [-0.2, -0.15) is 0 Å². The summed E-state index contributed by atoms with van der Waals surface area (Å²) in [6.07, 6.45) is 55.4. The van der Waals surface area contributed by atoms with Gasteiger partial charge in [0.2, 0.25) is 5.91 Å². The molecule has 12 N–H and O–H groups in total. The van der Waals surface area contributed by atoms with Crippen molar-refractivity contribution in [2.45, 2.75) is 471 Å². The number of carbonyl (C=O) groups is 1. The second kappa shape index (κ2) is 65.7. The summed E-state index contributed by atoms with van der Waals surface area (Å²) in [4.78, 5) is 13.5. The number of hydrogen-bond acceptors (Lipinski definition) is 18. The predicted molar refractivity (Wildman–Crippen MR) is 416 cm³/mol. The molecular weight excluding hydrogens is 1320 g/mol. The predicted octanol–water partition coefficient (Wildman–Crippen LogP) is 15.5. The standard InChI is InChI=1S/C85H159NO18/c1-3-5-7-9-11-13-15-17-19-21-23-25-26-27-28-29-30-31-32-33-34-35-36-37-38-39-40-41-42-43-45-47-49-51-53-55-57-59-61-63-73(91)86-68(69(90)62-60-58-56-54-52-50-48-46-44-24-22-20-18-16-14-12-10-8-6-4-2)67-99-83-79(97)76(94)81(71(65-88)101-83)104-85-80(98)77(95)82(72(66-89)102-85)103-84-78(96)75(93)74(92)70(64-87)100-84/h15,17,21,23,26-27,68-72,74-85,87-90,92-98H,3-14,16,18-20,22,24-25,28-67H2,1-2H3,(H,86,91)/b17-15-,23-21-,27-26-. The second-order valence-electron chi connectivity index (χ2n) is 31.0. The highest BCUT2D eigenvalue weighted by molar-refractivity contribution is 5.76. The molecule has 3 saturated heterocycles. The molecule has 3 rings (SSSR count). The number of aliphatic hydroxyl groups excluding tert-OH is 11. The first-order valence-corrected chi connectivity index (χ1v) is 43.2. The van der Waals surface area contributed by atoms with Gasteiger partial charge in [0.15, 0.2) is 18.9 Å². The zero-order chi connectivity index (χ0) is 75.3. The minimum atomic E-state index is -1.97. The first kappa shape index (κ1) is 96.2. The Labute approximate surface area is 631 Å². The van der Waals surface area contributed by atoms with Crippen LogP contribution in [0.5, 0.6) is 0 Å². The minimum Gasteiger partial charge on any atom is -0.394 e. The summed E-state index contributed by atoms with van der Waals surface area (Å²) in [5.41, 5.74) is 0. The van der Waals surface area contributed by atoms with E-state index in [0.717, 1.165) is 57.8 Å². The van der Waals surface area contributed by atoms with Gasteiger partial charge in [0.05, 0.1) is 38.6 Å². The van der Waals surface area contributed by atoms with Crippen LogP contribution in [0.3, 0.4) is 0 Å². The lowest BCUT2D eigenvalue weighted by atomic mass is 9.96. The van der Waals surface area contributed by atoms with E-state index in [9.17, 15) is 61.0 Å². The molecule has 0 saturated carbocycles. The van der Waals surface area contributed by atoms with Crippen molar-refractivity contribution in [1.29, 1.82) is 0 Å². The average molecular weight is 1480 g/mol. The maximum Gasteiger partial charge on any atom is 0.220 e. The number of hydrogen-bond donors (Lipinski definition) is 12. The number of carbonyl (C=O) groups excluding carboxylic acids is 1. The smallest absolute Gasteiger partial charge is 0.220 e. The largest absolute Gasteiger partial charge is 0.394 e. The van der Waals surface area contributed by atoms with Crippen LogP contribution in [-0.4, -0.2) is 193 Å². The zero-order valence-electron chi connectivity index (χ0n) is 65.8. The van der Waals surface area contributed by atoms with Crippen LogP contribution in [0.1, 0.15) is 367 Å². The SMILES string of the molecule is CCCCCCC/C=C\C/C=C\C/C=C\CCCCCCCCCCCCCCCCCCCCCCCCCCC(=O)NC(COC1OC(CO)C(OC2OC(CO)C(OC3OC(CO)C(O)C(O)C3O)C(O)C2O)C(O)C1O)C(O)CCCCCCCCCCCCCCCCCCCCCC. The fourth-order valence-corrected chi connectivity index (χ4v) is 14.8. The molecule has 3 heterocycles. The molecule has 0 aliphatic carbocycles. The highest BCUT2D eigenvalue weighted by Gasteiger charge is 2.54. The molecule has 0 aromatic rings. The number of ether oxygens (including phenoxy) is 6. The number of amides is 1. The van der Waals surface area contributed by atoms with Crippen LogP contribution in [0.15, 0.2) is 36.5 Å². The Morgan fingerprint density at radius 2 is 0.635 bits per heavy atom. The Bertz CT molecular complexity index is 2020. The Kier molecular flexibility index (Phi) is 60.8. The van der Waals surface area contributed by atoms with E-state index in [-0.39, 0.29) is 18.9 Å². The van der Waals surface area contributed by atoms with E-state index in [4.69, 9.17) is 28.4 Å². The molecule has 0 spiro atoms. The summed E-state index contributed by atoms with van der Waals surface area (Å²) < 4.78 is 34.6. The van der Waals surface area contributed by atoms with Gasteiger partial charge >= 0.3 is 0 Å². The number of rotatable bonds is 70. The van der Waals surface area contributed by atoms with Crippen LogP contribution in [0.4, 0.5) is 0 Å². The first-order valence-electron chi connectivity index (χ1n) is 43.2. The van der Waals surface area contributed by atoms with Crippen molar-refractivity contribution in [2.75, 3.05) is 26.4 Å². The number of allylic oxidation sites excluding steroid dienone is 6. The van der Waals surface area contributed by atoms with Crippen LogP contribution >= 0.6 is 0 Å². The van der Waals surface area contributed by atoms with E-state index >= 15 is 0 Å². The maximum absolute atomic E-state index is 13.5. The maximum atomic E-state index is 13.5. The Morgan fingerprint density at radius 1 is 0.346 bits per heavy atom. The second-order valence-corrected chi connectivity index (χ2v) is 31.0. The van der Waals surface area contributed by atoms with E-state index in [1.807, 2.05) is 0 Å². The van der Waals surface area contributed by atoms with Crippen LogP contribution in [0, 0.1) is 0 Å². The van der Waals surface area contributed by atoms with Crippen molar-refractivity contribution in [1.82, 2.24) is 5.32 Å². The van der Waals surface area contributed by atoms with E-state index in [1.54, 1.807) is 0 Å². The molecule has 19 heteroatoms. The molecule has 1 amide bonds. The molecule has 612 valence electrons. The molecule has 19 nitrogen and oxygen atoms in total.